The zero-order valence-corrected chi connectivity index (χ0v) is 20.3. The van der Waals surface area contributed by atoms with E-state index in [0.29, 0.717) is 0 Å². The molecule has 0 aliphatic heterocycles. The molecule has 1 aromatic heterocycles. The standard InChI is InChI=1S/C32H28N2O2/c1-21(23-9-5-3-6-10-23)29-31(25-13-17-27(35)18-14-25)34-30(22(2)24-11-7-4-8-12-24)32(33-29)26-15-19-28(36)20-16-26/h3-22,35-36H,1-2H3. The first kappa shape index (κ1) is 23.3. The van der Waals surface area contributed by atoms with Crippen molar-refractivity contribution in [2.75, 3.05) is 0 Å². The molecule has 5 aromatic rings. The van der Waals surface area contributed by atoms with Gasteiger partial charge in [-0.3, -0.25) is 0 Å². The number of aromatic hydroxyl groups is 2. The molecule has 2 atom stereocenters. The fourth-order valence-electron chi connectivity index (χ4n) is 4.53. The summed E-state index contributed by atoms with van der Waals surface area (Å²) in [5, 5.41) is 19.8. The highest BCUT2D eigenvalue weighted by molar-refractivity contribution is 5.70. The minimum atomic E-state index is -0.0144. The summed E-state index contributed by atoms with van der Waals surface area (Å²) >= 11 is 0. The topological polar surface area (TPSA) is 66.2 Å². The number of phenolic OH excluding ortho intramolecular Hbond substituents is 2. The zero-order chi connectivity index (χ0) is 25.1. The predicted octanol–water partition coefficient (Wildman–Crippen LogP) is 7.53. The fraction of sp³-hybridized carbons (Fsp3) is 0.125. The van der Waals surface area contributed by atoms with E-state index >= 15 is 0 Å². The second-order valence-corrected chi connectivity index (χ2v) is 9.05. The molecule has 0 aliphatic rings. The van der Waals surface area contributed by atoms with Gasteiger partial charge in [0, 0.05) is 23.0 Å². The Morgan fingerprint density at radius 2 is 0.806 bits per heavy atom. The predicted molar refractivity (Wildman–Crippen MR) is 144 cm³/mol. The smallest absolute Gasteiger partial charge is 0.115 e. The van der Waals surface area contributed by atoms with Gasteiger partial charge < -0.3 is 10.2 Å². The van der Waals surface area contributed by atoms with E-state index in [2.05, 4.69) is 38.1 Å². The molecule has 0 spiro atoms. The lowest BCUT2D eigenvalue weighted by Gasteiger charge is -2.22. The van der Waals surface area contributed by atoms with Crippen LogP contribution in [-0.4, -0.2) is 20.2 Å². The summed E-state index contributed by atoms with van der Waals surface area (Å²) in [5.74, 6) is 0.393. The maximum Gasteiger partial charge on any atom is 0.115 e. The highest BCUT2D eigenvalue weighted by Gasteiger charge is 2.24. The lowest BCUT2D eigenvalue weighted by Crippen LogP contribution is -2.11. The minimum absolute atomic E-state index is 0.0144. The van der Waals surface area contributed by atoms with Crippen molar-refractivity contribution in [2.24, 2.45) is 0 Å². The summed E-state index contributed by atoms with van der Waals surface area (Å²) in [7, 11) is 0. The van der Waals surface area contributed by atoms with Gasteiger partial charge in [-0.1, -0.05) is 74.5 Å². The summed E-state index contributed by atoms with van der Waals surface area (Å²) in [4.78, 5) is 10.6. The van der Waals surface area contributed by atoms with Crippen LogP contribution in [0.4, 0.5) is 0 Å². The number of hydrogen-bond acceptors (Lipinski definition) is 4. The Bertz CT molecular complexity index is 1330. The molecule has 0 amide bonds. The third-order valence-electron chi connectivity index (χ3n) is 6.65. The maximum atomic E-state index is 9.91. The monoisotopic (exact) mass is 472 g/mol. The molecule has 4 heteroatoms. The first-order valence-electron chi connectivity index (χ1n) is 12.1. The molecule has 5 rings (SSSR count). The molecule has 0 radical (unpaired) electrons. The number of phenols is 2. The van der Waals surface area contributed by atoms with Crippen molar-refractivity contribution >= 4 is 0 Å². The van der Waals surface area contributed by atoms with Crippen LogP contribution in [-0.2, 0) is 0 Å². The Morgan fingerprint density at radius 3 is 1.14 bits per heavy atom. The minimum Gasteiger partial charge on any atom is -0.508 e. The van der Waals surface area contributed by atoms with E-state index in [1.165, 1.54) is 0 Å². The lowest BCUT2D eigenvalue weighted by atomic mass is 9.90. The number of hydrogen-bond donors (Lipinski definition) is 2. The van der Waals surface area contributed by atoms with E-state index in [4.69, 9.17) is 9.97 Å². The Labute approximate surface area is 211 Å². The van der Waals surface area contributed by atoms with Crippen LogP contribution in [0.5, 0.6) is 11.5 Å². The number of nitrogens with zero attached hydrogens (tertiary/aromatic N) is 2. The van der Waals surface area contributed by atoms with Crippen LogP contribution in [0.3, 0.4) is 0 Å². The van der Waals surface area contributed by atoms with Crippen LogP contribution < -0.4 is 0 Å². The van der Waals surface area contributed by atoms with E-state index in [1.54, 1.807) is 24.3 Å². The molecule has 2 N–H and O–H groups in total. The molecule has 4 nitrogen and oxygen atoms in total. The molecule has 0 saturated carbocycles. The summed E-state index contributed by atoms with van der Waals surface area (Å²) < 4.78 is 0. The molecular weight excluding hydrogens is 444 g/mol. The molecule has 1 heterocycles. The van der Waals surface area contributed by atoms with Crippen molar-refractivity contribution in [1.82, 2.24) is 9.97 Å². The Balaban J connectivity index is 1.78. The zero-order valence-electron chi connectivity index (χ0n) is 20.3. The fourth-order valence-corrected chi connectivity index (χ4v) is 4.53. The average Bonchev–Trinajstić information content (AvgIpc) is 2.93. The third-order valence-corrected chi connectivity index (χ3v) is 6.65. The van der Waals surface area contributed by atoms with Crippen LogP contribution in [0, 0.1) is 0 Å². The molecule has 0 fully saturated rings. The molecule has 0 saturated heterocycles. The van der Waals surface area contributed by atoms with Crippen molar-refractivity contribution in [3.05, 3.63) is 132 Å². The van der Waals surface area contributed by atoms with Crippen molar-refractivity contribution in [3.63, 3.8) is 0 Å². The van der Waals surface area contributed by atoms with Gasteiger partial charge in [0.1, 0.15) is 11.5 Å². The normalized spacial score (nSPS) is 12.7. The number of rotatable bonds is 6. The molecule has 2 unspecified atom stereocenters. The highest BCUT2D eigenvalue weighted by Crippen LogP contribution is 2.38. The quantitative estimate of drug-likeness (QED) is 0.268. The molecular formula is C32H28N2O2. The van der Waals surface area contributed by atoms with Crippen LogP contribution in [0.2, 0.25) is 0 Å². The number of benzene rings is 4. The van der Waals surface area contributed by atoms with Gasteiger partial charge in [-0.05, 0) is 59.7 Å². The van der Waals surface area contributed by atoms with Crippen LogP contribution in [0.25, 0.3) is 22.5 Å². The molecule has 0 bridgehead atoms. The summed E-state index contributed by atoms with van der Waals surface area (Å²) in [6.07, 6.45) is 0. The van der Waals surface area contributed by atoms with E-state index in [0.717, 1.165) is 45.0 Å². The Morgan fingerprint density at radius 1 is 0.472 bits per heavy atom. The van der Waals surface area contributed by atoms with Crippen LogP contribution in [0.1, 0.15) is 48.2 Å². The van der Waals surface area contributed by atoms with Gasteiger partial charge in [0.2, 0.25) is 0 Å². The van der Waals surface area contributed by atoms with Crippen molar-refractivity contribution < 1.29 is 10.2 Å². The van der Waals surface area contributed by atoms with E-state index in [9.17, 15) is 10.2 Å². The van der Waals surface area contributed by atoms with Gasteiger partial charge in [-0.25, -0.2) is 9.97 Å². The van der Waals surface area contributed by atoms with E-state index < -0.39 is 0 Å². The van der Waals surface area contributed by atoms with E-state index in [-0.39, 0.29) is 23.3 Å². The summed E-state index contributed by atoms with van der Waals surface area (Å²) in [6, 6.07) is 34.9. The summed E-state index contributed by atoms with van der Waals surface area (Å²) in [6.45, 7) is 4.29. The molecule has 178 valence electrons. The van der Waals surface area contributed by atoms with Gasteiger partial charge in [0.15, 0.2) is 0 Å². The number of aromatic nitrogens is 2. The third kappa shape index (κ3) is 4.71. The summed E-state index contributed by atoms with van der Waals surface area (Å²) in [5.41, 5.74) is 7.41. The second kappa shape index (κ2) is 10.0. The maximum absolute atomic E-state index is 9.91. The van der Waals surface area contributed by atoms with Crippen molar-refractivity contribution in [3.8, 4) is 34.0 Å². The molecule has 0 aliphatic carbocycles. The molecule has 36 heavy (non-hydrogen) atoms. The lowest BCUT2D eigenvalue weighted by molar-refractivity contribution is 0.475. The van der Waals surface area contributed by atoms with Gasteiger partial charge in [-0.15, -0.1) is 0 Å². The Hall–Kier alpha value is -4.44. The van der Waals surface area contributed by atoms with Gasteiger partial charge >= 0.3 is 0 Å². The Kier molecular flexibility index (Phi) is 6.50. The average molecular weight is 473 g/mol. The van der Waals surface area contributed by atoms with Crippen molar-refractivity contribution in [1.29, 1.82) is 0 Å². The van der Waals surface area contributed by atoms with Crippen LogP contribution >= 0.6 is 0 Å². The van der Waals surface area contributed by atoms with Crippen molar-refractivity contribution in [2.45, 2.75) is 25.7 Å². The molecule has 4 aromatic carbocycles. The van der Waals surface area contributed by atoms with Gasteiger partial charge in [0.05, 0.1) is 22.8 Å². The van der Waals surface area contributed by atoms with Gasteiger partial charge in [-0.2, -0.15) is 0 Å². The van der Waals surface area contributed by atoms with Gasteiger partial charge in [0.25, 0.3) is 0 Å². The van der Waals surface area contributed by atoms with E-state index in [1.807, 2.05) is 60.7 Å². The second-order valence-electron chi connectivity index (χ2n) is 9.05. The first-order chi connectivity index (χ1) is 17.5. The SMILES string of the molecule is CC(c1ccccc1)c1nc(-c2ccc(O)cc2)c(C(C)c2ccccc2)nc1-c1ccc(O)cc1. The largest absolute Gasteiger partial charge is 0.508 e. The van der Waals surface area contributed by atoms with Crippen LogP contribution in [0.15, 0.2) is 109 Å². The first-order valence-corrected chi connectivity index (χ1v) is 12.1. The highest BCUT2D eigenvalue weighted by atomic mass is 16.3.